The van der Waals surface area contributed by atoms with E-state index in [1.54, 1.807) is 18.2 Å². The predicted molar refractivity (Wildman–Crippen MR) is 103 cm³/mol. The number of aryl methyl sites for hydroxylation is 2. The molecule has 0 bridgehead atoms. The Hall–Kier alpha value is -1.70. The quantitative estimate of drug-likeness (QED) is 0.825. The van der Waals surface area contributed by atoms with Gasteiger partial charge in [-0.1, -0.05) is 13.8 Å². The molecule has 5 nitrogen and oxygen atoms in total. The Kier molecular flexibility index (Phi) is 6.03. The van der Waals surface area contributed by atoms with Gasteiger partial charge in [-0.05, 0) is 56.2 Å². The van der Waals surface area contributed by atoms with Crippen LogP contribution in [0.1, 0.15) is 39.5 Å². The maximum absolute atomic E-state index is 12.8. The molecule has 1 aromatic heterocycles. The summed E-state index contributed by atoms with van der Waals surface area (Å²) in [4.78, 5) is 14.3. The van der Waals surface area contributed by atoms with Crippen LogP contribution in [0.15, 0.2) is 29.2 Å². The standard InChI is InChI=1S/C18H24N2O3S2/c1-6-20(7-2)25(22,23)15-10-12(3)14(5)16(11-15)19-18(21)17-9-8-13(4)24-17/h8-11H,6-7H2,1-5H3,(H,19,21). The molecule has 7 heteroatoms. The summed E-state index contributed by atoms with van der Waals surface area (Å²) in [6, 6.07) is 6.87. The molecule has 0 saturated heterocycles. The van der Waals surface area contributed by atoms with Crippen LogP contribution in [0.25, 0.3) is 0 Å². The van der Waals surface area contributed by atoms with Crippen LogP contribution in [0.5, 0.6) is 0 Å². The molecule has 0 spiro atoms. The molecule has 0 aliphatic heterocycles. The molecule has 1 amide bonds. The zero-order valence-corrected chi connectivity index (χ0v) is 16.8. The lowest BCUT2D eigenvalue weighted by Gasteiger charge is -2.20. The molecule has 0 unspecified atom stereocenters. The average Bonchev–Trinajstić information content (AvgIpc) is 2.99. The van der Waals surface area contributed by atoms with Crippen molar-refractivity contribution in [3.8, 4) is 0 Å². The number of carbonyl (C=O) groups excluding carboxylic acids is 1. The van der Waals surface area contributed by atoms with Gasteiger partial charge < -0.3 is 5.32 Å². The minimum Gasteiger partial charge on any atom is -0.321 e. The van der Waals surface area contributed by atoms with Gasteiger partial charge in [-0.2, -0.15) is 4.31 Å². The van der Waals surface area contributed by atoms with Crippen molar-refractivity contribution in [3.05, 3.63) is 45.1 Å². The average molecular weight is 381 g/mol. The van der Waals surface area contributed by atoms with Gasteiger partial charge in [0, 0.05) is 23.7 Å². The Labute approximate surface area is 153 Å². The molecular formula is C18H24N2O3S2. The number of hydrogen-bond acceptors (Lipinski definition) is 4. The molecule has 1 N–H and O–H groups in total. The van der Waals surface area contributed by atoms with Crippen LogP contribution in [0.3, 0.4) is 0 Å². The highest BCUT2D eigenvalue weighted by molar-refractivity contribution is 7.89. The molecule has 2 aromatic rings. The molecule has 0 atom stereocenters. The van der Waals surface area contributed by atoms with Crippen LogP contribution in [-0.2, 0) is 10.0 Å². The summed E-state index contributed by atoms with van der Waals surface area (Å²) in [5.41, 5.74) is 2.22. The number of carbonyl (C=O) groups is 1. The van der Waals surface area contributed by atoms with Crippen molar-refractivity contribution >= 4 is 33.0 Å². The number of anilines is 1. The lowest BCUT2D eigenvalue weighted by atomic mass is 10.1. The summed E-state index contributed by atoms with van der Waals surface area (Å²) in [6.07, 6.45) is 0. The molecule has 1 heterocycles. The van der Waals surface area contributed by atoms with Crippen LogP contribution in [0.4, 0.5) is 5.69 Å². The molecule has 0 radical (unpaired) electrons. The lowest BCUT2D eigenvalue weighted by Crippen LogP contribution is -2.30. The summed E-state index contributed by atoms with van der Waals surface area (Å²) >= 11 is 1.41. The number of thiophene rings is 1. The number of hydrogen-bond donors (Lipinski definition) is 1. The fourth-order valence-electron chi connectivity index (χ4n) is 2.56. The fourth-order valence-corrected chi connectivity index (χ4v) is 4.89. The molecule has 0 aliphatic rings. The van der Waals surface area contributed by atoms with Gasteiger partial charge in [-0.15, -0.1) is 11.3 Å². The van der Waals surface area contributed by atoms with Crippen LogP contribution in [0, 0.1) is 20.8 Å². The molecule has 136 valence electrons. The van der Waals surface area contributed by atoms with E-state index in [0.29, 0.717) is 23.7 Å². The lowest BCUT2D eigenvalue weighted by molar-refractivity contribution is 0.103. The monoisotopic (exact) mass is 380 g/mol. The van der Waals surface area contributed by atoms with E-state index in [1.165, 1.54) is 15.6 Å². The summed E-state index contributed by atoms with van der Waals surface area (Å²) in [5.74, 6) is -0.224. The van der Waals surface area contributed by atoms with Crippen molar-refractivity contribution in [2.45, 2.75) is 39.5 Å². The Bertz CT molecular complexity index is 882. The van der Waals surface area contributed by atoms with E-state index in [0.717, 1.165) is 16.0 Å². The van der Waals surface area contributed by atoms with Gasteiger partial charge >= 0.3 is 0 Å². The third-order valence-electron chi connectivity index (χ3n) is 4.20. The van der Waals surface area contributed by atoms with Gasteiger partial charge in [-0.3, -0.25) is 4.79 Å². The number of rotatable bonds is 6. The zero-order chi connectivity index (χ0) is 18.8. The van der Waals surface area contributed by atoms with Crippen molar-refractivity contribution < 1.29 is 13.2 Å². The summed E-state index contributed by atoms with van der Waals surface area (Å²) in [6.45, 7) is 10.1. The molecule has 2 rings (SSSR count). The fraction of sp³-hybridized carbons (Fsp3) is 0.389. The van der Waals surface area contributed by atoms with E-state index in [1.807, 2.05) is 40.7 Å². The van der Waals surface area contributed by atoms with E-state index < -0.39 is 10.0 Å². The first kappa shape index (κ1) is 19.6. The van der Waals surface area contributed by atoms with E-state index in [-0.39, 0.29) is 10.8 Å². The molecule has 0 saturated carbocycles. The number of amides is 1. The first-order valence-electron chi connectivity index (χ1n) is 8.19. The van der Waals surface area contributed by atoms with E-state index in [9.17, 15) is 13.2 Å². The summed E-state index contributed by atoms with van der Waals surface area (Å²) < 4.78 is 27.0. The minimum absolute atomic E-state index is 0.206. The van der Waals surface area contributed by atoms with Crippen LogP contribution in [-0.4, -0.2) is 31.7 Å². The summed E-state index contributed by atoms with van der Waals surface area (Å²) in [7, 11) is -3.57. The second kappa shape index (κ2) is 7.68. The Morgan fingerprint density at radius 2 is 1.76 bits per heavy atom. The largest absolute Gasteiger partial charge is 0.321 e. The zero-order valence-electron chi connectivity index (χ0n) is 15.2. The molecule has 0 fully saturated rings. The summed E-state index contributed by atoms with van der Waals surface area (Å²) in [5, 5.41) is 2.86. The van der Waals surface area contributed by atoms with Crippen LogP contribution < -0.4 is 5.32 Å². The van der Waals surface area contributed by atoms with Gasteiger partial charge in [0.2, 0.25) is 10.0 Å². The second-order valence-corrected chi connectivity index (χ2v) is 9.09. The third-order valence-corrected chi connectivity index (χ3v) is 7.22. The van der Waals surface area contributed by atoms with Crippen molar-refractivity contribution in [2.24, 2.45) is 0 Å². The first-order chi connectivity index (χ1) is 11.7. The third kappa shape index (κ3) is 4.11. The maximum atomic E-state index is 12.8. The molecule has 25 heavy (non-hydrogen) atoms. The van der Waals surface area contributed by atoms with Gasteiger partial charge in [0.15, 0.2) is 0 Å². The minimum atomic E-state index is -3.57. The highest BCUT2D eigenvalue weighted by Crippen LogP contribution is 2.27. The van der Waals surface area contributed by atoms with Gasteiger partial charge in [0.05, 0.1) is 9.77 Å². The van der Waals surface area contributed by atoms with Crippen LogP contribution in [0.2, 0.25) is 0 Å². The normalized spacial score (nSPS) is 11.8. The molecule has 1 aromatic carbocycles. The second-order valence-electron chi connectivity index (χ2n) is 5.87. The van der Waals surface area contributed by atoms with Crippen LogP contribution >= 0.6 is 11.3 Å². The van der Waals surface area contributed by atoms with E-state index in [4.69, 9.17) is 0 Å². The number of nitrogens with zero attached hydrogens (tertiary/aromatic N) is 1. The Balaban J connectivity index is 2.43. The van der Waals surface area contributed by atoms with Crippen molar-refractivity contribution in [1.82, 2.24) is 4.31 Å². The number of sulfonamides is 1. The Morgan fingerprint density at radius 3 is 2.28 bits per heavy atom. The van der Waals surface area contributed by atoms with Crippen molar-refractivity contribution in [2.75, 3.05) is 18.4 Å². The molecule has 0 aliphatic carbocycles. The SMILES string of the molecule is CCN(CC)S(=O)(=O)c1cc(C)c(C)c(NC(=O)c2ccc(C)s2)c1. The Morgan fingerprint density at radius 1 is 1.12 bits per heavy atom. The predicted octanol–water partition coefficient (Wildman–Crippen LogP) is 3.96. The number of benzene rings is 1. The highest BCUT2D eigenvalue weighted by atomic mass is 32.2. The maximum Gasteiger partial charge on any atom is 0.265 e. The topological polar surface area (TPSA) is 66.5 Å². The van der Waals surface area contributed by atoms with Crippen molar-refractivity contribution in [3.63, 3.8) is 0 Å². The van der Waals surface area contributed by atoms with E-state index in [2.05, 4.69) is 5.32 Å². The molecular weight excluding hydrogens is 356 g/mol. The van der Waals surface area contributed by atoms with Crippen molar-refractivity contribution in [1.29, 1.82) is 0 Å². The van der Waals surface area contributed by atoms with Gasteiger partial charge in [-0.25, -0.2) is 8.42 Å². The highest BCUT2D eigenvalue weighted by Gasteiger charge is 2.23. The first-order valence-corrected chi connectivity index (χ1v) is 10.5. The van der Waals surface area contributed by atoms with E-state index >= 15 is 0 Å². The smallest absolute Gasteiger partial charge is 0.265 e. The van der Waals surface area contributed by atoms with Gasteiger partial charge in [0.25, 0.3) is 5.91 Å². The van der Waals surface area contributed by atoms with Gasteiger partial charge in [0.1, 0.15) is 0 Å². The number of nitrogens with one attached hydrogen (secondary N) is 1.